The first kappa shape index (κ1) is 12.6. The van der Waals surface area contributed by atoms with E-state index in [-0.39, 0.29) is 11.4 Å². The van der Waals surface area contributed by atoms with Gasteiger partial charge in [0.15, 0.2) is 5.84 Å². The van der Waals surface area contributed by atoms with E-state index in [0.29, 0.717) is 12.3 Å². The van der Waals surface area contributed by atoms with Gasteiger partial charge in [0.2, 0.25) is 0 Å². The topological polar surface area (TPSA) is 84.0 Å². The molecule has 1 aliphatic rings. The molecule has 0 saturated carbocycles. The maximum Gasteiger partial charge on any atom is 0.188 e. The van der Waals surface area contributed by atoms with Crippen molar-refractivity contribution in [1.82, 2.24) is 4.98 Å². The molecule has 2 heterocycles. The SMILES string of the molecule is CC1(C)CN(c2cccc(C(N)=NO)n2)CCO1. The van der Waals surface area contributed by atoms with Crippen molar-refractivity contribution in [3.05, 3.63) is 23.9 Å². The predicted molar refractivity (Wildman–Crippen MR) is 69.0 cm³/mol. The van der Waals surface area contributed by atoms with Crippen LogP contribution >= 0.6 is 0 Å². The Hall–Kier alpha value is -1.82. The lowest BCUT2D eigenvalue weighted by molar-refractivity contribution is -0.0279. The molecule has 3 N–H and O–H groups in total. The zero-order chi connectivity index (χ0) is 13.2. The summed E-state index contributed by atoms with van der Waals surface area (Å²) in [6.45, 7) is 6.32. The number of aromatic nitrogens is 1. The molecule has 6 nitrogen and oxygen atoms in total. The second-order valence-corrected chi connectivity index (χ2v) is 4.90. The molecule has 0 unspecified atom stereocenters. The Morgan fingerprint density at radius 2 is 2.33 bits per heavy atom. The number of nitrogens with two attached hydrogens (primary N) is 1. The lowest BCUT2D eigenvalue weighted by Crippen LogP contribution is -2.48. The van der Waals surface area contributed by atoms with Crippen LogP contribution in [0.1, 0.15) is 19.5 Å². The summed E-state index contributed by atoms with van der Waals surface area (Å²) in [5, 5.41) is 11.6. The van der Waals surface area contributed by atoms with E-state index in [2.05, 4.69) is 15.0 Å². The predicted octanol–water partition coefficient (Wildman–Crippen LogP) is 0.791. The molecule has 0 radical (unpaired) electrons. The summed E-state index contributed by atoms with van der Waals surface area (Å²) in [5.74, 6) is 0.833. The molecule has 18 heavy (non-hydrogen) atoms. The van der Waals surface area contributed by atoms with Crippen LogP contribution in [0.2, 0.25) is 0 Å². The van der Waals surface area contributed by atoms with E-state index in [1.54, 1.807) is 6.07 Å². The highest BCUT2D eigenvalue weighted by atomic mass is 16.5. The molecular formula is C12H18N4O2. The number of amidine groups is 1. The highest BCUT2D eigenvalue weighted by Crippen LogP contribution is 2.21. The number of anilines is 1. The fourth-order valence-electron chi connectivity index (χ4n) is 2.01. The van der Waals surface area contributed by atoms with Crippen LogP contribution in [-0.4, -0.2) is 41.3 Å². The Kier molecular flexibility index (Phi) is 3.38. The Morgan fingerprint density at radius 3 is 3.00 bits per heavy atom. The van der Waals surface area contributed by atoms with E-state index in [1.165, 1.54) is 0 Å². The third-order valence-electron chi connectivity index (χ3n) is 2.85. The number of rotatable bonds is 2. The Balaban J connectivity index is 2.23. The van der Waals surface area contributed by atoms with E-state index in [4.69, 9.17) is 15.7 Å². The van der Waals surface area contributed by atoms with E-state index in [1.807, 2.05) is 26.0 Å². The van der Waals surface area contributed by atoms with Crippen molar-refractivity contribution in [1.29, 1.82) is 0 Å². The first-order chi connectivity index (χ1) is 8.52. The van der Waals surface area contributed by atoms with Crippen LogP contribution in [0.5, 0.6) is 0 Å². The lowest BCUT2D eigenvalue weighted by atomic mass is 10.1. The first-order valence-electron chi connectivity index (χ1n) is 5.86. The second kappa shape index (κ2) is 4.81. The quantitative estimate of drug-likeness (QED) is 0.351. The standard InChI is InChI=1S/C12H18N4O2/c1-12(2)8-16(6-7-18-12)10-5-3-4-9(14-10)11(13)15-17/h3-5,17H,6-8H2,1-2H3,(H2,13,15). The van der Waals surface area contributed by atoms with Crippen molar-refractivity contribution in [2.75, 3.05) is 24.6 Å². The largest absolute Gasteiger partial charge is 0.409 e. The Bertz CT molecular complexity index is 459. The maximum atomic E-state index is 8.66. The van der Waals surface area contributed by atoms with E-state index in [0.717, 1.165) is 18.9 Å². The monoisotopic (exact) mass is 250 g/mol. The molecule has 0 aromatic carbocycles. The summed E-state index contributed by atoms with van der Waals surface area (Å²) >= 11 is 0. The summed E-state index contributed by atoms with van der Waals surface area (Å²) in [4.78, 5) is 6.52. The van der Waals surface area contributed by atoms with Crippen LogP contribution in [0, 0.1) is 0 Å². The minimum atomic E-state index is -0.188. The van der Waals surface area contributed by atoms with Crippen LogP contribution in [0.4, 0.5) is 5.82 Å². The van der Waals surface area contributed by atoms with Crippen LogP contribution in [0.15, 0.2) is 23.4 Å². The van der Waals surface area contributed by atoms with Crippen molar-refractivity contribution in [3.8, 4) is 0 Å². The fourth-order valence-corrected chi connectivity index (χ4v) is 2.01. The molecule has 0 amide bonds. The van der Waals surface area contributed by atoms with Gasteiger partial charge in [-0.2, -0.15) is 0 Å². The minimum Gasteiger partial charge on any atom is -0.409 e. The van der Waals surface area contributed by atoms with Crippen molar-refractivity contribution in [3.63, 3.8) is 0 Å². The van der Waals surface area contributed by atoms with Crippen molar-refractivity contribution in [2.24, 2.45) is 10.9 Å². The van der Waals surface area contributed by atoms with Gasteiger partial charge in [-0.15, -0.1) is 0 Å². The van der Waals surface area contributed by atoms with Crippen LogP contribution in [0.25, 0.3) is 0 Å². The number of morpholine rings is 1. The zero-order valence-electron chi connectivity index (χ0n) is 10.6. The van der Waals surface area contributed by atoms with Gasteiger partial charge in [0, 0.05) is 13.1 Å². The third kappa shape index (κ3) is 2.70. The molecule has 1 aromatic heterocycles. The van der Waals surface area contributed by atoms with Gasteiger partial charge in [-0.05, 0) is 26.0 Å². The normalized spacial score (nSPS) is 19.9. The van der Waals surface area contributed by atoms with E-state index >= 15 is 0 Å². The molecule has 1 aliphatic heterocycles. The van der Waals surface area contributed by atoms with Gasteiger partial charge in [-0.25, -0.2) is 4.98 Å². The number of oxime groups is 1. The van der Waals surface area contributed by atoms with Crippen molar-refractivity contribution < 1.29 is 9.94 Å². The van der Waals surface area contributed by atoms with Gasteiger partial charge in [0.1, 0.15) is 11.5 Å². The highest BCUT2D eigenvalue weighted by molar-refractivity contribution is 5.95. The average Bonchev–Trinajstić information content (AvgIpc) is 2.37. The Labute approximate surface area is 106 Å². The van der Waals surface area contributed by atoms with Gasteiger partial charge in [0.05, 0.1) is 12.2 Å². The summed E-state index contributed by atoms with van der Waals surface area (Å²) in [6, 6.07) is 5.47. The fraction of sp³-hybridized carbons (Fsp3) is 0.500. The number of ether oxygens (including phenoxy) is 1. The van der Waals surface area contributed by atoms with Crippen LogP contribution < -0.4 is 10.6 Å². The second-order valence-electron chi connectivity index (χ2n) is 4.90. The summed E-state index contributed by atoms with van der Waals surface area (Å²) < 4.78 is 5.66. The molecular weight excluding hydrogens is 232 g/mol. The summed E-state index contributed by atoms with van der Waals surface area (Å²) in [6.07, 6.45) is 0. The van der Waals surface area contributed by atoms with Crippen LogP contribution in [0.3, 0.4) is 0 Å². The van der Waals surface area contributed by atoms with Crippen molar-refractivity contribution >= 4 is 11.7 Å². The summed E-state index contributed by atoms with van der Waals surface area (Å²) in [5.41, 5.74) is 5.82. The van der Waals surface area contributed by atoms with Gasteiger partial charge in [0.25, 0.3) is 0 Å². The van der Waals surface area contributed by atoms with Crippen LogP contribution in [-0.2, 0) is 4.74 Å². The Morgan fingerprint density at radius 1 is 1.56 bits per heavy atom. The number of nitrogens with zero attached hydrogens (tertiary/aromatic N) is 3. The third-order valence-corrected chi connectivity index (χ3v) is 2.85. The highest BCUT2D eigenvalue weighted by Gasteiger charge is 2.27. The first-order valence-corrected chi connectivity index (χ1v) is 5.86. The molecule has 0 bridgehead atoms. The molecule has 6 heteroatoms. The maximum absolute atomic E-state index is 8.66. The smallest absolute Gasteiger partial charge is 0.188 e. The number of hydrogen-bond donors (Lipinski definition) is 2. The van der Waals surface area contributed by atoms with E-state index < -0.39 is 0 Å². The molecule has 1 aromatic rings. The molecule has 1 fully saturated rings. The van der Waals surface area contributed by atoms with Gasteiger partial charge >= 0.3 is 0 Å². The van der Waals surface area contributed by atoms with Gasteiger partial charge < -0.3 is 20.6 Å². The number of hydrogen-bond acceptors (Lipinski definition) is 5. The summed E-state index contributed by atoms with van der Waals surface area (Å²) in [7, 11) is 0. The van der Waals surface area contributed by atoms with Gasteiger partial charge in [-0.3, -0.25) is 0 Å². The average molecular weight is 250 g/mol. The molecule has 1 saturated heterocycles. The molecule has 0 aliphatic carbocycles. The zero-order valence-corrected chi connectivity index (χ0v) is 10.6. The lowest BCUT2D eigenvalue weighted by Gasteiger charge is -2.38. The molecule has 0 atom stereocenters. The minimum absolute atomic E-state index is 0.0179. The van der Waals surface area contributed by atoms with E-state index in [9.17, 15) is 0 Å². The van der Waals surface area contributed by atoms with Crippen molar-refractivity contribution in [2.45, 2.75) is 19.4 Å². The van der Waals surface area contributed by atoms with Gasteiger partial charge in [-0.1, -0.05) is 11.2 Å². The molecule has 2 rings (SSSR count). The molecule has 0 spiro atoms. The number of pyridine rings is 1. The molecule has 98 valence electrons.